The van der Waals surface area contributed by atoms with Crippen LogP contribution in [0.4, 0.5) is 5.69 Å². The van der Waals surface area contributed by atoms with Gasteiger partial charge in [-0.2, -0.15) is 0 Å². The molecule has 0 radical (unpaired) electrons. The van der Waals surface area contributed by atoms with Gasteiger partial charge in [-0.1, -0.05) is 41.0 Å². The highest BCUT2D eigenvalue weighted by molar-refractivity contribution is 7.99. The predicted molar refractivity (Wildman–Crippen MR) is 130 cm³/mol. The highest BCUT2D eigenvalue weighted by atomic mass is 35.5. The Labute approximate surface area is 206 Å². The molecule has 3 aromatic rings. The van der Waals surface area contributed by atoms with Gasteiger partial charge in [0, 0.05) is 12.1 Å². The Bertz CT molecular complexity index is 1140. The largest absolute Gasteiger partial charge is 0.497 e. The molecule has 2 aromatic carbocycles. The molecular weight excluding hydrogens is 485 g/mol. The predicted octanol–water partition coefficient (Wildman–Crippen LogP) is 4.84. The molecule has 0 saturated carbocycles. The van der Waals surface area contributed by atoms with Crippen LogP contribution in [0.2, 0.25) is 10.0 Å². The SMILES string of the molecule is CCn1c(SCC(=O)Nc2cccc(Cl)c2Cl)nnc1[C@@H](C)NC(=O)c1ccc(OC)cc1. The lowest BCUT2D eigenvalue weighted by Gasteiger charge is -2.15. The van der Waals surface area contributed by atoms with Gasteiger partial charge in [0.2, 0.25) is 5.91 Å². The molecule has 0 bridgehead atoms. The first-order chi connectivity index (χ1) is 15.8. The first kappa shape index (κ1) is 24.9. The number of amides is 2. The molecule has 0 spiro atoms. The Morgan fingerprint density at radius 1 is 1.15 bits per heavy atom. The van der Waals surface area contributed by atoms with Gasteiger partial charge in [0.05, 0.1) is 34.6 Å². The summed E-state index contributed by atoms with van der Waals surface area (Å²) in [5.41, 5.74) is 0.957. The van der Waals surface area contributed by atoms with Crippen LogP contribution in [0.1, 0.15) is 36.1 Å². The lowest BCUT2D eigenvalue weighted by molar-refractivity contribution is -0.113. The zero-order valence-corrected chi connectivity index (χ0v) is 20.6. The zero-order valence-electron chi connectivity index (χ0n) is 18.3. The van der Waals surface area contributed by atoms with E-state index in [0.29, 0.717) is 39.5 Å². The first-order valence-electron chi connectivity index (χ1n) is 10.1. The fourth-order valence-electron chi connectivity index (χ4n) is 3.03. The minimum Gasteiger partial charge on any atom is -0.497 e. The molecule has 3 rings (SSSR count). The van der Waals surface area contributed by atoms with Crippen LogP contribution < -0.4 is 15.4 Å². The number of aromatic nitrogens is 3. The summed E-state index contributed by atoms with van der Waals surface area (Å²) in [5.74, 6) is 0.891. The van der Waals surface area contributed by atoms with Crippen molar-refractivity contribution in [2.24, 2.45) is 0 Å². The molecule has 1 atom stereocenters. The van der Waals surface area contributed by atoms with Crippen molar-refractivity contribution >= 4 is 52.5 Å². The summed E-state index contributed by atoms with van der Waals surface area (Å²) >= 11 is 13.3. The fourth-order valence-corrected chi connectivity index (χ4v) is 4.19. The maximum Gasteiger partial charge on any atom is 0.251 e. The molecule has 1 aromatic heterocycles. The van der Waals surface area contributed by atoms with Crippen LogP contribution in [0.25, 0.3) is 0 Å². The Kier molecular flexibility index (Phi) is 8.60. The lowest BCUT2D eigenvalue weighted by Crippen LogP contribution is -2.28. The summed E-state index contributed by atoms with van der Waals surface area (Å²) in [7, 11) is 1.57. The Hall–Kier alpha value is -2.75. The molecule has 11 heteroatoms. The van der Waals surface area contributed by atoms with Crippen LogP contribution in [-0.4, -0.2) is 39.4 Å². The summed E-state index contributed by atoms with van der Waals surface area (Å²) in [4.78, 5) is 25.0. The standard InChI is InChI=1S/C22H23Cl2N5O3S/c1-4-29-20(13(2)25-21(31)14-8-10-15(32-3)11-9-14)27-28-22(29)33-12-18(30)26-17-7-5-6-16(23)19(17)24/h5-11,13H,4,12H2,1-3H3,(H,25,31)(H,26,30)/t13-/m1/s1. The van der Waals surface area contributed by atoms with E-state index in [-0.39, 0.29) is 28.6 Å². The quantitative estimate of drug-likeness (QED) is 0.402. The summed E-state index contributed by atoms with van der Waals surface area (Å²) in [6, 6.07) is 11.5. The van der Waals surface area contributed by atoms with Crippen molar-refractivity contribution in [1.29, 1.82) is 0 Å². The van der Waals surface area contributed by atoms with E-state index in [1.54, 1.807) is 49.6 Å². The third-order valence-corrected chi connectivity index (χ3v) is 6.49. The smallest absolute Gasteiger partial charge is 0.251 e. The van der Waals surface area contributed by atoms with Crippen LogP contribution >= 0.6 is 35.0 Å². The van der Waals surface area contributed by atoms with Gasteiger partial charge in [0.25, 0.3) is 5.91 Å². The molecule has 2 N–H and O–H groups in total. The van der Waals surface area contributed by atoms with Crippen LogP contribution in [-0.2, 0) is 11.3 Å². The Morgan fingerprint density at radius 3 is 2.55 bits per heavy atom. The molecule has 0 aliphatic carbocycles. The number of thioether (sulfide) groups is 1. The number of nitrogens with zero attached hydrogens (tertiary/aromatic N) is 3. The number of rotatable bonds is 9. The molecule has 2 amide bonds. The van der Waals surface area contributed by atoms with Crippen molar-refractivity contribution < 1.29 is 14.3 Å². The van der Waals surface area contributed by atoms with Gasteiger partial charge in [-0.05, 0) is 50.2 Å². The average Bonchev–Trinajstić information content (AvgIpc) is 3.24. The normalized spacial score (nSPS) is 11.7. The van der Waals surface area contributed by atoms with Crippen LogP contribution in [0.3, 0.4) is 0 Å². The zero-order chi connectivity index (χ0) is 24.0. The molecule has 0 fully saturated rings. The summed E-state index contributed by atoms with van der Waals surface area (Å²) in [6.45, 7) is 4.36. The number of carbonyl (C=O) groups is 2. The van der Waals surface area contributed by atoms with Crippen molar-refractivity contribution in [3.8, 4) is 5.75 Å². The molecular formula is C22H23Cl2N5O3S. The molecule has 1 heterocycles. The lowest BCUT2D eigenvalue weighted by atomic mass is 10.2. The molecule has 0 aliphatic heterocycles. The van der Waals surface area contributed by atoms with E-state index in [1.165, 1.54) is 11.8 Å². The summed E-state index contributed by atoms with van der Waals surface area (Å²) in [6.07, 6.45) is 0. The van der Waals surface area contributed by atoms with E-state index in [9.17, 15) is 9.59 Å². The van der Waals surface area contributed by atoms with E-state index >= 15 is 0 Å². The first-order valence-corrected chi connectivity index (χ1v) is 11.8. The summed E-state index contributed by atoms with van der Waals surface area (Å²) < 4.78 is 6.98. The number of hydrogen-bond donors (Lipinski definition) is 2. The fraction of sp³-hybridized carbons (Fsp3) is 0.273. The molecule has 0 saturated heterocycles. The van der Waals surface area contributed by atoms with Crippen molar-refractivity contribution in [1.82, 2.24) is 20.1 Å². The third-order valence-electron chi connectivity index (χ3n) is 4.71. The second kappa shape index (κ2) is 11.4. The molecule has 0 aliphatic rings. The topological polar surface area (TPSA) is 98.1 Å². The van der Waals surface area contributed by atoms with Crippen molar-refractivity contribution in [3.05, 3.63) is 63.9 Å². The van der Waals surface area contributed by atoms with E-state index in [2.05, 4.69) is 20.8 Å². The molecule has 0 unspecified atom stereocenters. The van der Waals surface area contributed by atoms with Crippen molar-refractivity contribution in [3.63, 3.8) is 0 Å². The number of anilines is 1. The number of ether oxygens (including phenoxy) is 1. The summed E-state index contributed by atoms with van der Waals surface area (Å²) in [5, 5.41) is 15.3. The number of methoxy groups -OCH3 is 1. The Morgan fingerprint density at radius 2 is 1.88 bits per heavy atom. The van der Waals surface area contributed by atoms with Gasteiger partial charge < -0.3 is 19.9 Å². The van der Waals surface area contributed by atoms with E-state index in [4.69, 9.17) is 27.9 Å². The third kappa shape index (κ3) is 6.19. The average molecular weight is 508 g/mol. The maximum atomic E-state index is 12.6. The van der Waals surface area contributed by atoms with Crippen molar-refractivity contribution in [2.75, 3.05) is 18.2 Å². The number of hydrogen-bond acceptors (Lipinski definition) is 6. The van der Waals surface area contributed by atoms with E-state index in [1.807, 2.05) is 18.4 Å². The van der Waals surface area contributed by atoms with E-state index < -0.39 is 0 Å². The second-order valence-corrected chi connectivity index (χ2v) is 8.67. The number of carbonyl (C=O) groups excluding carboxylic acids is 2. The number of halogens is 2. The number of benzene rings is 2. The van der Waals surface area contributed by atoms with E-state index in [0.717, 1.165) is 0 Å². The van der Waals surface area contributed by atoms with Gasteiger partial charge in [0.1, 0.15) is 5.75 Å². The van der Waals surface area contributed by atoms with Gasteiger partial charge in [-0.15, -0.1) is 10.2 Å². The van der Waals surface area contributed by atoms with Gasteiger partial charge in [-0.25, -0.2) is 0 Å². The van der Waals surface area contributed by atoms with Crippen LogP contribution in [0.5, 0.6) is 5.75 Å². The minimum absolute atomic E-state index is 0.105. The highest BCUT2D eigenvalue weighted by Crippen LogP contribution is 2.30. The van der Waals surface area contributed by atoms with Gasteiger partial charge in [-0.3, -0.25) is 9.59 Å². The van der Waals surface area contributed by atoms with Crippen LogP contribution in [0.15, 0.2) is 47.6 Å². The minimum atomic E-state index is -0.388. The monoisotopic (exact) mass is 507 g/mol. The highest BCUT2D eigenvalue weighted by Gasteiger charge is 2.20. The van der Waals surface area contributed by atoms with Crippen LogP contribution in [0, 0.1) is 0 Å². The van der Waals surface area contributed by atoms with Gasteiger partial charge >= 0.3 is 0 Å². The Balaban J connectivity index is 1.63. The molecule has 8 nitrogen and oxygen atoms in total. The number of nitrogens with one attached hydrogen (secondary N) is 2. The molecule has 33 heavy (non-hydrogen) atoms. The van der Waals surface area contributed by atoms with Gasteiger partial charge in [0.15, 0.2) is 11.0 Å². The molecule has 174 valence electrons. The van der Waals surface area contributed by atoms with Crippen molar-refractivity contribution in [2.45, 2.75) is 31.6 Å². The maximum absolute atomic E-state index is 12.6. The second-order valence-electron chi connectivity index (χ2n) is 6.95.